The van der Waals surface area contributed by atoms with Gasteiger partial charge < -0.3 is 15.8 Å². The van der Waals surface area contributed by atoms with Gasteiger partial charge in [0, 0.05) is 25.9 Å². The van der Waals surface area contributed by atoms with Gasteiger partial charge in [-0.25, -0.2) is 0 Å². The highest BCUT2D eigenvalue weighted by atomic mass is 16.5. The van der Waals surface area contributed by atoms with Gasteiger partial charge in [-0.2, -0.15) is 0 Å². The number of guanidine groups is 1. The van der Waals surface area contributed by atoms with Crippen molar-refractivity contribution < 1.29 is 4.74 Å². The van der Waals surface area contributed by atoms with Crippen LogP contribution >= 0.6 is 0 Å². The summed E-state index contributed by atoms with van der Waals surface area (Å²) in [5, 5.41) is 3.29. The summed E-state index contributed by atoms with van der Waals surface area (Å²) in [6.45, 7) is 5.89. The molecule has 0 unspecified atom stereocenters. The summed E-state index contributed by atoms with van der Waals surface area (Å²) < 4.78 is 5.03. The standard InChI is InChI=1S/C17H29N3O/c1-4-14-10-9-11-15(5-2)16(14)20-17(18)19-12-7-6-8-13-21-3/h9-11H,4-8,12-13H2,1-3H3,(H3,18,19,20). The van der Waals surface area contributed by atoms with Crippen molar-refractivity contribution in [2.75, 3.05) is 25.6 Å². The van der Waals surface area contributed by atoms with Gasteiger partial charge in [0.2, 0.25) is 0 Å². The number of hydrogen-bond donors (Lipinski definition) is 2. The number of methoxy groups -OCH3 is 1. The van der Waals surface area contributed by atoms with Crippen LogP contribution in [-0.2, 0) is 17.6 Å². The molecular formula is C17H29N3O. The second-order valence-corrected chi connectivity index (χ2v) is 5.10. The van der Waals surface area contributed by atoms with E-state index in [1.807, 2.05) is 0 Å². The molecule has 0 saturated carbocycles. The van der Waals surface area contributed by atoms with Gasteiger partial charge in [0.25, 0.3) is 0 Å². The normalized spacial score (nSPS) is 11.7. The highest BCUT2D eigenvalue weighted by Gasteiger charge is 2.06. The lowest BCUT2D eigenvalue weighted by Crippen LogP contribution is -2.24. The van der Waals surface area contributed by atoms with Crippen LogP contribution in [0.5, 0.6) is 0 Å². The molecule has 1 rings (SSSR count). The fraction of sp³-hybridized carbons (Fsp3) is 0.588. The number of aliphatic imine (C=N–C) groups is 1. The summed E-state index contributed by atoms with van der Waals surface area (Å²) in [5.74, 6) is 0.511. The van der Waals surface area contributed by atoms with E-state index in [0.717, 1.165) is 50.9 Å². The molecule has 0 aliphatic carbocycles. The number of unbranched alkanes of at least 4 members (excludes halogenated alkanes) is 2. The number of nitrogens with two attached hydrogens (primary N) is 1. The molecule has 118 valence electrons. The molecule has 0 heterocycles. The maximum Gasteiger partial charge on any atom is 0.193 e. The van der Waals surface area contributed by atoms with Crippen LogP contribution in [0.15, 0.2) is 23.2 Å². The van der Waals surface area contributed by atoms with E-state index < -0.39 is 0 Å². The van der Waals surface area contributed by atoms with Crippen molar-refractivity contribution in [1.82, 2.24) is 0 Å². The fourth-order valence-corrected chi connectivity index (χ4v) is 2.31. The number of ether oxygens (including phenoxy) is 1. The summed E-state index contributed by atoms with van der Waals surface area (Å²) in [6.07, 6.45) is 5.22. The second-order valence-electron chi connectivity index (χ2n) is 5.10. The Hall–Kier alpha value is -1.55. The fourth-order valence-electron chi connectivity index (χ4n) is 2.31. The molecule has 4 heteroatoms. The molecule has 0 aliphatic rings. The number of anilines is 1. The molecule has 0 bridgehead atoms. The Kier molecular flexibility index (Phi) is 8.51. The van der Waals surface area contributed by atoms with Crippen LogP contribution in [0, 0.1) is 0 Å². The summed E-state index contributed by atoms with van der Waals surface area (Å²) in [5.41, 5.74) is 9.71. The van der Waals surface area contributed by atoms with Crippen LogP contribution in [0.25, 0.3) is 0 Å². The molecule has 0 atom stereocenters. The molecule has 0 aromatic heterocycles. The molecule has 1 aromatic carbocycles. The Labute approximate surface area is 128 Å². The number of para-hydroxylation sites is 1. The minimum absolute atomic E-state index is 0.511. The van der Waals surface area contributed by atoms with Crippen LogP contribution < -0.4 is 11.1 Å². The van der Waals surface area contributed by atoms with Crippen molar-refractivity contribution in [2.24, 2.45) is 10.7 Å². The quantitative estimate of drug-likeness (QED) is 0.417. The molecule has 0 aliphatic heterocycles. The van der Waals surface area contributed by atoms with Gasteiger partial charge in [-0.3, -0.25) is 4.99 Å². The molecule has 0 spiro atoms. The van der Waals surface area contributed by atoms with E-state index in [9.17, 15) is 0 Å². The number of nitrogens with zero attached hydrogens (tertiary/aromatic N) is 1. The average molecular weight is 291 g/mol. The Morgan fingerprint density at radius 2 is 1.81 bits per heavy atom. The molecular weight excluding hydrogens is 262 g/mol. The molecule has 21 heavy (non-hydrogen) atoms. The van der Waals surface area contributed by atoms with Gasteiger partial charge in [0.15, 0.2) is 5.96 Å². The Morgan fingerprint density at radius 1 is 1.14 bits per heavy atom. The molecule has 0 radical (unpaired) electrons. The first-order valence-electron chi connectivity index (χ1n) is 7.89. The first-order valence-corrected chi connectivity index (χ1v) is 7.89. The SMILES string of the molecule is CCc1cccc(CC)c1NC(N)=NCCCCCOC. The van der Waals surface area contributed by atoms with Crippen molar-refractivity contribution in [2.45, 2.75) is 46.0 Å². The van der Waals surface area contributed by atoms with Crippen molar-refractivity contribution >= 4 is 11.6 Å². The molecule has 0 amide bonds. The Bertz CT molecular complexity index is 421. The van der Waals surface area contributed by atoms with Crippen molar-refractivity contribution in [1.29, 1.82) is 0 Å². The van der Waals surface area contributed by atoms with E-state index in [1.54, 1.807) is 7.11 Å². The van der Waals surface area contributed by atoms with Crippen molar-refractivity contribution in [3.05, 3.63) is 29.3 Å². The predicted octanol–water partition coefficient (Wildman–Crippen LogP) is 3.35. The number of hydrogen-bond acceptors (Lipinski definition) is 2. The molecule has 0 fully saturated rings. The Balaban J connectivity index is 2.55. The van der Waals surface area contributed by atoms with E-state index in [4.69, 9.17) is 10.5 Å². The second kappa shape index (κ2) is 10.2. The van der Waals surface area contributed by atoms with Gasteiger partial charge in [-0.05, 0) is 43.2 Å². The van der Waals surface area contributed by atoms with E-state index >= 15 is 0 Å². The number of rotatable bonds is 9. The lowest BCUT2D eigenvalue weighted by molar-refractivity contribution is 0.192. The van der Waals surface area contributed by atoms with Crippen molar-refractivity contribution in [3.63, 3.8) is 0 Å². The van der Waals surface area contributed by atoms with Crippen LogP contribution in [0.2, 0.25) is 0 Å². The van der Waals surface area contributed by atoms with E-state index in [2.05, 4.69) is 42.4 Å². The van der Waals surface area contributed by atoms with E-state index in [-0.39, 0.29) is 0 Å². The minimum atomic E-state index is 0.511. The average Bonchev–Trinajstić information content (AvgIpc) is 2.51. The smallest absolute Gasteiger partial charge is 0.193 e. The van der Waals surface area contributed by atoms with Crippen LogP contribution in [0.4, 0.5) is 5.69 Å². The summed E-state index contributed by atoms with van der Waals surface area (Å²) >= 11 is 0. The predicted molar refractivity (Wildman–Crippen MR) is 91.0 cm³/mol. The summed E-state index contributed by atoms with van der Waals surface area (Å²) in [4.78, 5) is 4.41. The number of nitrogens with one attached hydrogen (secondary N) is 1. The van der Waals surface area contributed by atoms with Crippen LogP contribution in [0.3, 0.4) is 0 Å². The lowest BCUT2D eigenvalue weighted by atomic mass is 10.0. The third-order valence-corrected chi connectivity index (χ3v) is 3.54. The highest BCUT2D eigenvalue weighted by molar-refractivity contribution is 5.93. The van der Waals surface area contributed by atoms with Gasteiger partial charge >= 0.3 is 0 Å². The van der Waals surface area contributed by atoms with Crippen LogP contribution in [0.1, 0.15) is 44.2 Å². The molecule has 3 N–H and O–H groups in total. The monoisotopic (exact) mass is 291 g/mol. The third-order valence-electron chi connectivity index (χ3n) is 3.54. The van der Waals surface area contributed by atoms with Gasteiger partial charge in [0.05, 0.1) is 0 Å². The lowest BCUT2D eigenvalue weighted by Gasteiger charge is -2.14. The maximum absolute atomic E-state index is 6.01. The topological polar surface area (TPSA) is 59.6 Å². The zero-order chi connectivity index (χ0) is 15.5. The highest BCUT2D eigenvalue weighted by Crippen LogP contribution is 2.22. The zero-order valence-corrected chi connectivity index (χ0v) is 13.6. The first kappa shape index (κ1) is 17.5. The molecule has 1 aromatic rings. The Morgan fingerprint density at radius 3 is 2.38 bits per heavy atom. The molecule has 4 nitrogen and oxygen atoms in total. The van der Waals surface area contributed by atoms with E-state index in [1.165, 1.54) is 11.1 Å². The van der Waals surface area contributed by atoms with Gasteiger partial charge in [-0.1, -0.05) is 32.0 Å². The number of benzene rings is 1. The van der Waals surface area contributed by atoms with Crippen LogP contribution in [-0.4, -0.2) is 26.2 Å². The number of aryl methyl sites for hydroxylation is 2. The zero-order valence-electron chi connectivity index (χ0n) is 13.6. The largest absolute Gasteiger partial charge is 0.385 e. The third kappa shape index (κ3) is 6.17. The maximum atomic E-state index is 6.01. The summed E-state index contributed by atoms with van der Waals surface area (Å²) in [6, 6.07) is 6.38. The van der Waals surface area contributed by atoms with Gasteiger partial charge in [0.1, 0.15) is 0 Å². The minimum Gasteiger partial charge on any atom is -0.385 e. The molecule has 0 saturated heterocycles. The van der Waals surface area contributed by atoms with E-state index in [0.29, 0.717) is 5.96 Å². The first-order chi connectivity index (χ1) is 10.2. The van der Waals surface area contributed by atoms with Crippen molar-refractivity contribution in [3.8, 4) is 0 Å². The summed E-state index contributed by atoms with van der Waals surface area (Å²) in [7, 11) is 1.73. The van der Waals surface area contributed by atoms with Gasteiger partial charge in [-0.15, -0.1) is 0 Å².